The normalized spacial score (nSPS) is 27.0. The number of likely N-dealkylation sites (tertiary alicyclic amines) is 1. The summed E-state index contributed by atoms with van der Waals surface area (Å²) in [5.74, 6) is 0.156. The zero-order chi connectivity index (χ0) is 12.3. The molecule has 4 heteroatoms. The number of carbonyl (C=O) groups is 2. The first-order chi connectivity index (χ1) is 8.18. The second kappa shape index (κ2) is 5.52. The highest BCUT2D eigenvalue weighted by molar-refractivity contribution is 5.88. The number of carbonyl (C=O) groups excluding carboxylic acids is 2. The van der Waals surface area contributed by atoms with Crippen LogP contribution < -0.4 is 5.32 Å². The van der Waals surface area contributed by atoms with Gasteiger partial charge in [0.1, 0.15) is 6.04 Å². The maximum absolute atomic E-state index is 12.2. The van der Waals surface area contributed by atoms with Crippen LogP contribution >= 0.6 is 0 Å². The number of hydrogen-bond acceptors (Lipinski definition) is 2. The zero-order valence-corrected chi connectivity index (χ0v) is 10.6. The molecule has 0 spiro atoms. The van der Waals surface area contributed by atoms with Crippen molar-refractivity contribution >= 4 is 11.8 Å². The molecule has 0 aromatic heterocycles. The molecule has 1 aliphatic carbocycles. The fraction of sp³-hybridized carbons (Fsp3) is 0.846. The topological polar surface area (TPSA) is 49.4 Å². The van der Waals surface area contributed by atoms with Crippen molar-refractivity contribution in [3.8, 4) is 0 Å². The van der Waals surface area contributed by atoms with Crippen molar-refractivity contribution in [3.05, 3.63) is 0 Å². The highest BCUT2D eigenvalue weighted by Crippen LogP contribution is 2.20. The van der Waals surface area contributed by atoms with Crippen molar-refractivity contribution in [3.63, 3.8) is 0 Å². The number of nitrogens with one attached hydrogen (secondary N) is 1. The number of rotatable bonds is 2. The molecule has 0 bridgehead atoms. The van der Waals surface area contributed by atoms with Gasteiger partial charge < -0.3 is 10.2 Å². The van der Waals surface area contributed by atoms with Crippen LogP contribution in [0, 0.1) is 0 Å². The van der Waals surface area contributed by atoms with E-state index in [1.54, 1.807) is 11.9 Å². The van der Waals surface area contributed by atoms with Crippen LogP contribution in [0.1, 0.15) is 51.4 Å². The van der Waals surface area contributed by atoms with Crippen molar-refractivity contribution in [2.45, 2.75) is 63.5 Å². The predicted molar refractivity (Wildman–Crippen MR) is 65.4 cm³/mol. The summed E-state index contributed by atoms with van der Waals surface area (Å²) >= 11 is 0. The Kier molecular flexibility index (Phi) is 4.02. The predicted octanol–water partition coefficient (Wildman–Crippen LogP) is 1.45. The molecule has 2 aliphatic rings. The summed E-state index contributed by atoms with van der Waals surface area (Å²) in [6.45, 7) is 0. The third-order valence-electron chi connectivity index (χ3n) is 3.98. The second-order valence-electron chi connectivity index (χ2n) is 5.26. The van der Waals surface area contributed by atoms with Gasteiger partial charge in [0.25, 0.3) is 0 Å². The first kappa shape index (κ1) is 12.4. The molecule has 2 fully saturated rings. The molecule has 1 aliphatic heterocycles. The molecule has 2 rings (SSSR count). The Hall–Kier alpha value is -1.06. The average Bonchev–Trinajstić information content (AvgIpc) is 2.74. The van der Waals surface area contributed by atoms with Gasteiger partial charge >= 0.3 is 0 Å². The van der Waals surface area contributed by atoms with Crippen LogP contribution in [0.25, 0.3) is 0 Å². The Balaban J connectivity index is 1.93. The summed E-state index contributed by atoms with van der Waals surface area (Å²) in [5, 5.41) is 3.09. The standard InChI is InChI=1S/C13H22N2O2/c1-15-11(8-4-5-9-12(15)16)13(17)14-10-6-2-3-7-10/h10-11H,2-9H2,1H3,(H,14,17). The first-order valence-electron chi connectivity index (χ1n) is 6.74. The van der Waals surface area contributed by atoms with E-state index in [0.717, 1.165) is 32.1 Å². The smallest absolute Gasteiger partial charge is 0.243 e. The molecular weight excluding hydrogens is 216 g/mol. The molecule has 0 aromatic rings. The molecule has 1 saturated carbocycles. The summed E-state index contributed by atoms with van der Waals surface area (Å²) in [5.41, 5.74) is 0. The number of likely N-dealkylation sites (N-methyl/N-ethyl adjacent to an activating group) is 1. The molecule has 1 heterocycles. The van der Waals surface area contributed by atoms with E-state index in [4.69, 9.17) is 0 Å². The van der Waals surface area contributed by atoms with Crippen molar-refractivity contribution < 1.29 is 9.59 Å². The van der Waals surface area contributed by atoms with Gasteiger partial charge in [0.15, 0.2) is 0 Å². The molecule has 17 heavy (non-hydrogen) atoms. The summed E-state index contributed by atoms with van der Waals surface area (Å²) < 4.78 is 0. The van der Waals surface area contributed by atoms with E-state index in [1.807, 2.05) is 0 Å². The molecule has 1 N–H and O–H groups in total. The third kappa shape index (κ3) is 2.99. The lowest BCUT2D eigenvalue weighted by atomic mass is 10.1. The Labute approximate surface area is 103 Å². The van der Waals surface area contributed by atoms with E-state index in [0.29, 0.717) is 12.5 Å². The van der Waals surface area contributed by atoms with Crippen molar-refractivity contribution in [2.75, 3.05) is 7.05 Å². The minimum atomic E-state index is -0.245. The Morgan fingerprint density at radius 1 is 1.18 bits per heavy atom. The van der Waals surface area contributed by atoms with Crippen LogP contribution in [-0.4, -0.2) is 35.8 Å². The minimum absolute atomic E-state index is 0.0506. The average molecular weight is 238 g/mol. The molecule has 96 valence electrons. The molecule has 0 radical (unpaired) electrons. The van der Waals surface area contributed by atoms with Gasteiger partial charge in [-0.15, -0.1) is 0 Å². The Bertz CT molecular complexity index is 298. The maximum Gasteiger partial charge on any atom is 0.243 e. The van der Waals surface area contributed by atoms with Gasteiger partial charge in [0.2, 0.25) is 11.8 Å². The summed E-state index contributed by atoms with van der Waals surface area (Å²) in [6.07, 6.45) is 7.89. The van der Waals surface area contributed by atoms with Crippen LogP contribution in [0.4, 0.5) is 0 Å². The highest BCUT2D eigenvalue weighted by atomic mass is 16.2. The van der Waals surface area contributed by atoms with Crippen molar-refractivity contribution in [2.24, 2.45) is 0 Å². The van der Waals surface area contributed by atoms with E-state index in [-0.39, 0.29) is 17.9 Å². The van der Waals surface area contributed by atoms with Crippen molar-refractivity contribution in [1.29, 1.82) is 0 Å². The van der Waals surface area contributed by atoms with Crippen molar-refractivity contribution in [1.82, 2.24) is 10.2 Å². The van der Waals surface area contributed by atoms with Crippen LogP contribution in [0.3, 0.4) is 0 Å². The Morgan fingerprint density at radius 2 is 1.82 bits per heavy atom. The lowest BCUT2D eigenvalue weighted by Gasteiger charge is -2.26. The third-order valence-corrected chi connectivity index (χ3v) is 3.98. The van der Waals surface area contributed by atoms with E-state index in [2.05, 4.69) is 5.32 Å². The molecular formula is C13H22N2O2. The molecule has 1 saturated heterocycles. The van der Waals surface area contributed by atoms with Gasteiger partial charge in [0, 0.05) is 19.5 Å². The molecule has 1 unspecified atom stereocenters. The molecule has 2 amide bonds. The van der Waals surface area contributed by atoms with Gasteiger partial charge in [-0.3, -0.25) is 9.59 Å². The SMILES string of the molecule is CN1C(=O)CCCCC1C(=O)NC1CCCC1. The quantitative estimate of drug-likeness (QED) is 0.791. The van der Waals surface area contributed by atoms with E-state index >= 15 is 0 Å². The van der Waals surface area contributed by atoms with E-state index < -0.39 is 0 Å². The lowest BCUT2D eigenvalue weighted by Crippen LogP contribution is -2.49. The van der Waals surface area contributed by atoms with Gasteiger partial charge in [-0.2, -0.15) is 0 Å². The van der Waals surface area contributed by atoms with Crippen LogP contribution in [0.15, 0.2) is 0 Å². The van der Waals surface area contributed by atoms with Crippen LogP contribution in [0.2, 0.25) is 0 Å². The summed E-state index contributed by atoms with van der Waals surface area (Å²) in [4.78, 5) is 25.5. The fourth-order valence-corrected chi connectivity index (χ4v) is 2.83. The van der Waals surface area contributed by atoms with E-state index in [1.165, 1.54) is 12.8 Å². The number of nitrogens with zero attached hydrogens (tertiary/aromatic N) is 1. The lowest BCUT2D eigenvalue weighted by molar-refractivity contribution is -0.138. The van der Waals surface area contributed by atoms with Gasteiger partial charge in [-0.1, -0.05) is 19.3 Å². The van der Waals surface area contributed by atoms with Crippen LogP contribution in [0.5, 0.6) is 0 Å². The highest BCUT2D eigenvalue weighted by Gasteiger charge is 2.30. The largest absolute Gasteiger partial charge is 0.352 e. The van der Waals surface area contributed by atoms with Gasteiger partial charge in [-0.25, -0.2) is 0 Å². The monoisotopic (exact) mass is 238 g/mol. The number of amides is 2. The fourth-order valence-electron chi connectivity index (χ4n) is 2.83. The summed E-state index contributed by atoms with van der Waals surface area (Å²) in [6, 6.07) is 0.0971. The molecule has 1 atom stereocenters. The second-order valence-corrected chi connectivity index (χ2v) is 5.26. The minimum Gasteiger partial charge on any atom is -0.352 e. The summed E-state index contributed by atoms with van der Waals surface area (Å²) in [7, 11) is 1.76. The first-order valence-corrected chi connectivity index (χ1v) is 6.74. The van der Waals surface area contributed by atoms with E-state index in [9.17, 15) is 9.59 Å². The van der Waals surface area contributed by atoms with Crippen LogP contribution in [-0.2, 0) is 9.59 Å². The van der Waals surface area contributed by atoms with Gasteiger partial charge in [0.05, 0.1) is 0 Å². The Morgan fingerprint density at radius 3 is 2.53 bits per heavy atom. The zero-order valence-electron chi connectivity index (χ0n) is 10.6. The number of hydrogen-bond donors (Lipinski definition) is 1. The maximum atomic E-state index is 12.2. The van der Waals surface area contributed by atoms with Gasteiger partial charge in [-0.05, 0) is 25.7 Å². The molecule has 0 aromatic carbocycles. The molecule has 4 nitrogen and oxygen atoms in total.